The molecule has 2 aromatic heterocycles. The Hall–Kier alpha value is -3.52. The zero-order valence-corrected chi connectivity index (χ0v) is 15.0. The molecule has 0 bridgehead atoms. The number of nitro benzene ring substituents is 1. The highest BCUT2D eigenvalue weighted by atomic mass is 32.1. The van der Waals surface area contributed by atoms with E-state index in [9.17, 15) is 14.9 Å². The van der Waals surface area contributed by atoms with Crippen LogP contribution in [-0.2, 0) is 0 Å². The second-order valence-corrected chi connectivity index (χ2v) is 6.79. The number of carbonyl (C=O) groups is 1. The van der Waals surface area contributed by atoms with Crippen molar-refractivity contribution in [3.8, 4) is 11.3 Å². The Kier molecular flexibility index (Phi) is 4.17. The highest BCUT2D eigenvalue weighted by molar-refractivity contribution is 7.14. The molecule has 27 heavy (non-hydrogen) atoms. The van der Waals surface area contributed by atoms with Gasteiger partial charge in [0.25, 0.3) is 11.6 Å². The summed E-state index contributed by atoms with van der Waals surface area (Å²) in [5, 5.41) is 17.1. The van der Waals surface area contributed by atoms with E-state index in [0.717, 1.165) is 27.9 Å². The maximum atomic E-state index is 12.5. The Morgan fingerprint density at radius 1 is 1.19 bits per heavy atom. The number of nitro groups is 1. The van der Waals surface area contributed by atoms with Crippen LogP contribution in [0.1, 0.15) is 16.1 Å². The van der Waals surface area contributed by atoms with Gasteiger partial charge in [-0.1, -0.05) is 30.3 Å². The van der Waals surface area contributed by atoms with Crippen molar-refractivity contribution in [2.75, 3.05) is 5.32 Å². The van der Waals surface area contributed by atoms with E-state index in [4.69, 9.17) is 0 Å². The summed E-state index contributed by atoms with van der Waals surface area (Å²) in [6, 6.07) is 13.8. The van der Waals surface area contributed by atoms with Crippen LogP contribution in [0.25, 0.3) is 22.2 Å². The molecule has 2 N–H and O–H groups in total. The Labute approximate surface area is 157 Å². The van der Waals surface area contributed by atoms with Crippen LogP contribution in [0.15, 0.2) is 53.9 Å². The molecular weight excluding hydrogens is 364 g/mol. The average molecular weight is 378 g/mol. The lowest BCUT2D eigenvalue weighted by molar-refractivity contribution is -0.385. The Morgan fingerprint density at radius 2 is 1.93 bits per heavy atom. The second kappa shape index (κ2) is 6.65. The molecule has 0 saturated carbocycles. The lowest BCUT2D eigenvalue weighted by atomic mass is 10.1. The van der Waals surface area contributed by atoms with Gasteiger partial charge in [-0.25, -0.2) is 4.98 Å². The van der Waals surface area contributed by atoms with Crippen molar-refractivity contribution in [1.29, 1.82) is 0 Å². The first kappa shape index (κ1) is 16.9. The fourth-order valence-corrected chi connectivity index (χ4v) is 3.74. The minimum Gasteiger partial charge on any atom is -0.358 e. The number of thiazole rings is 1. The summed E-state index contributed by atoms with van der Waals surface area (Å²) in [6.07, 6.45) is 0. The highest BCUT2D eigenvalue weighted by Crippen LogP contribution is 2.34. The van der Waals surface area contributed by atoms with Gasteiger partial charge in [0.15, 0.2) is 5.13 Å². The summed E-state index contributed by atoms with van der Waals surface area (Å²) in [7, 11) is 0. The van der Waals surface area contributed by atoms with Crippen LogP contribution in [0.5, 0.6) is 0 Å². The maximum Gasteiger partial charge on any atom is 0.282 e. The summed E-state index contributed by atoms with van der Waals surface area (Å²) >= 11 is 1.28. The zero-order valence-electron chi connectivity index (χ0n) is 14.2. The van der Waals surface area contributed by atoms with E-state index < -0.39 is 10.8 Å². The topological polar surface area (TPSA) is 101 Å². The smallest absolute Gasteiger partial charge is 0.282 e. The van der Waals surface area contributed by atoms with Gasteiger partial charge in [0.2, 0.25) is 0 Å². The average Bonchev–Trinajstić information content (AvgIpc) is 3.24. The number of hydrogen-bond acceptors (Lipinski definition) is 5. The molecule has 2 aromatic carbocycles. The first-order valence-electron chi connectivity index (χ1n) is 8.12. The third-order valence-electron chi connectivity index (χ3n) is 4.22. The molecule has 7 nitrogen and oxygen atoms in total. The maximum absolute atomic E-state index is 12.5. The number of fused-ring (bicyclic) bond motifs is 1. The SMILES string of the molecule is Cc1[nH]c2ccccc2c1-c1csc(NC(=O)c2ccccc2[N+](=O)[O-])n1. The molecule has 0 aliphatic rings. The van der Waals surface area contributed by atoms with E-state index in [0.29, 0.717) is 5.13 Å². The number of anilines is 1. The monoisotopic (exact) mass is 378 g/mol. The van der Waals surface area contributed by atoms with Gasteiger partial charge in [-0.15, -0.1) is 11.3 Å². The number of aromatic nitrogens is 2. The van der Waals surface area contributed by atoms with Gasteiger partial charge in [0.05, 0.1) is 10.6 Å². The third kappa shape index (κ3) is 3.06. The van der Waals surface area contributed by atoms with Crippen LogP contribution in [-0.4, -0.2) is 20.8 Å². The quantitative estimate of drug-likeness (QED) is 0.395. The van der Waals surface area contributed by atoms with Gasteiger partial charge < -0.3 is 4.98 Å². The fraction of sp³-hybridized carbons (Fsp3) is 0.0526. The van der Waals surface area contributed by atoms with Crippen molar-refractivity contribution in [2.24, 2.45) is 0 Å². The number of nitrogens with one attached hydrogen (secondary N) is 2. The first-order valence-corrected chi connectivity index (χ1v) is 9.00. The standard InChI is InChI=1S/C19H14N4O3S/c1-11-17(12-6-2-4-8-14(12)20-11)15-10-27-19(21-15)22-18(24)13-7-3-5-9-16(13)23(25)26/h2-10,20H,1H3,(H,21,22,24). The van der Waals surface area contributed by atoms with E-state index in [2.05, 4.69) is 15.3 Å². The van der Waals surface area contributed by atoms with Crippen LogP contribution >= 0.6 is 11.3 Å². The van der Waals surface area contributed by atoms with Gasteiger partial charge in [-0.3, -0.25) is 20.2 Å². The molecule has 0 aliphatic heterocycles. The van der Waals surface area contributed by atoms with Crippen molar-refractivity contribution in [3.63, 3.8) is 0 Å². The predicted octanol–water partition coefficient (Wildman–Crippen LogP) is 4.76. The number of amides is 1. The van der Waals surface area contributed by atoms with Crippen LogP contribution in [0.4, 0.5) is 10.8 Å². The molecule has 0 atom stereocenters. The predicted molar refractivity (Wildman–Crippen MR) is 105 cm³/mol. The van der Waals surface area contributed by atoms with E-state index >= 15 is 0 Å². The van der Waals surface area contributed by atoms with Gasteiger partial charge in [0.1, 0.15) is 5.56 Å². The first-order chi connectivity index (χ1) is 13.0. The van der Waals surface area contributed by atoms with E-state index in [-0.39, 0.29) is 11.3 Å². The minimum absolute atomic E-state index is 0.00234. The molecule has 0 aliphatic carbocycles. The number of carbonyl (C=O) groups excluding carboxylic acids is 1. The van der Waals surface area contributed by atoms with Crippen LogP contribution in [0.3, 0.4) is 0 Å². The van der Waals surface area contributed by atoms with E-state index in [1.165, 1.54) is 29.5 Å². The molecule has 1 amide bonds. The second-order valence-electron chi connectivity index (χ2n) is 5.94. The molecule has 0 radical (unpaired) electrons. The number of H-pyrrole nitrogens is 1. The summed E-state index contributed by atoms with van der Waals surface area (Å²) in [4.78, 5) is 30.8. The van der Waals surface area contributed by atoms with Crippen molar-refractivity contribution in [1.82, 2.24) is 9.97 Å². The van der Waals surface area contributed by atoms with Gasteiger partial charge in [-0.2, -0.15) is 0 Å². The molecule has 0 fully saturated rings. The summed E-state index contributed by atoms with van der Waals surface area (Å²) in [5.74, 6) is -0.557. The molecule has 4 rings (SSSR count). The van der Waals surface area contributed by atoms with Crippen LogP contribution in [0, 0.1) is 17.0 Å². The normalized spacial score (nSPS) is 10.9. The van der Waals surface area contributed by atoms with Gasteiger partial charge in [-0.05, 0) is 19.1 Å². The molecule has 0 unspecified atom stereocenters. The largest absolute Gasteiger partial charge is 0.358 e. The lowest BCUT2D eigenvalue weighted by Crippen LogP contribution is -2.13. The molecule has 134 valence electrons. The Bertz CT molecular complexity index is 1180. The molecule has 0 spiro atoms. The fourth-order valence-electron chi connectivity index (χ4n) is 3.04. The van der Waals surface area contributed by atoms with Crippen LogP contribution in [0.2, 0.25) is 0 Å². The summed E-state index contributed by atoms with van der Waals surface area (Å²) in [5.41, 5.74) is 3.49. The van der Waals surface area contributed by atoms with Gasteiger partial charge >= 0.3 is 0 Å². The van der Waals surface area contributed by atoms with Gasteiger partial charge in [0, 0.05) is 33.6 Å². The molecule has 0 saturated heterocycles. The number of hydrogen-bond donors (Lipinski definition) is 2. The highest BCUT2D eigenvalue weighted by Gasteiger charge is 2.21. The molecular formula is C19H14N4O3S. The number of aryl methyl sites for hydroxylation is 1. The molecule has 4 aromatic rings. The van der Waals surface area contributed by atoms with Crippen LogP contribution < -0.4 is 5.32 Å². The number of nitrogens with zero attached hydrogens (tertiary/aromatic N) is 2. The van der Waals surface area contributed by atoms with E-state index in [1.54, 1.807) is 6.07 Å². The lowest BCUT2D eigenvalue weighted by Gasteiger charge is -2.02. The van der Waals surface area contributed by atoms with Crippen molar-refractivity contribution in [2.45, 2.75) is 6.92 Å². The molecule has 2 heterocycles. The number of benzene rings is 2. The zero-order chi connectivity index (χ0) is 19.0. The minimum atomic E-state index is -0.572. The van der Waals surface area contributed by atoms with Crippen molar-refractivity contribution < 1.29 is 9.72 Å². The van der Waals surface area contributed by atoms with Crippen molar-refractivity contribution >= 4 is 39.0 Å². The summed E-state index contributed by atoms with van der Waals surface area (Å²) in [6.45, 7) is 1.97. The van der Waals surface area contributed by atoms with Crippen molar-refractivity contribution in [3.05, 3.63) is 75.3 Å². The Morgan fingerprint density at radius 3 is 2.74 bits per heavy atom. The number of aromatic amines is 1. The number of para-hydroxylation sites is 2. The molecule has 8 heteroatoms. The van der Waals surface area contributed by atoms with E-state index in [1.807, 2.05) is 36.6 Å². The number of rotatable bonds is 4. The third-order valence-corrected chi connectivity index (χ3v) is 4.98. The summed E-state index contributed by atoms with van der Waals surface area (Å²) < 4.78 is 0. The Balaban J connectivity index is 1.65.